The quantitative estimate of drug-likeness (QED) is 0.783. The third-order valence-corrected chi connectivity index (χ3v) is 4.26. The van der Waals surface area contributed by atoms with Crippen LogP contribution in [0.1, 0.15) is 17.4 Å². The molecule has 0 spiro atoms. The Balaban J connectivity index is 1.87. The monoisotopic (exact) mass is 246 g/mol. The number of hydrogen-bond acceptors (Lipinski definition) is 4. The number of aromatic nitrogens is 1. The number of amides is 1. The average Bonchev–Trinajstić information content (AvgIpc) is 2.93. The van der Waals surface area contributed by atoms with Gasteiger partial charge in [0.1, 0.15) is 5.69 Å². The number of nitrogens with zero attached hydrogens (tertiary/aromatic N) is 2. The summed E-state index contributed by atoms with van der Waals surface area (Å²) in [5, 5.41) is 3.44. The molecule has 1 amide bonds. The van der Waals surface area contributed by atoms with Crippen LogP contribution in [0.2, 0.25) is 0 Å². The van der Waals surface area contributed by atoms with E-state index in [1.807, 2.05) is 6.07 Å². The lowest BCUT2D eigenvalue weighted by Gasteiger charge is -2.26. The highest BCUT2D eigenvalue weighted by Gasteiger charge is 2.41. The maximum absolute atomic E-state index is 11.2. The van der Waals surface area contributed by atoms with E-state index < -0.39 is 5.91 Å². The first-order valence-electron chi connectivity index (χ1n) is 6.40. The molecule has 5 heteroatoms. The molecule has 0 saturated carbocycles. The molecule has 1 aromatic rings. The molecule has 0 aliphatic carbocycles. The van der Waals surface area contributed by atoms with Crippen LogP contribution in [0.4, 0.5) is 5.69 Å². The van der Waals surface area contributed by atoms with Gasteiger partial charge in [0.2, 0.25) is 0 Å². The highest BCUT2D eigenvalue weighted by Crippen LogP contribution is 2.35. The number of carbonyl (C=O) groups excluding carboxylic acids is 1. The van der Waals surface area contributed by atoms with Crippen molar-refractivity contribution in [2.75, 3.05) is 24.5 Å². The van der Waals surface area contributed by atoms with E-state index in [4.69, 9.17) is 5.73 Å². The smallest absolute Gasteiger partial charge is 0.267 e. The van der Waals surface area contributed by atoms with Crippen molar-refractivity contribution in [3.8, 4) is 0 Å². The highest BCUT2D eigenvalue weighted by atomic mass is 16.1. The summed E-state index contributed by atoms with van der Waals surface area (Å²) >= 11 is 0. The van der Waals surface area contributed by atoms with Crippen LogP contribution in [-0.4, -0.2) is 36.6 Å². The molecule has 0 bridgehead atoms. The molecule has 5 nitrogen and oxygen atoms in total. The van der Waals surface area contributed by atoms with Crippen molar-refractivity contribution in [2.24, 2.45) is 17.6 Å². The third-order valence-electron chi connectivity index (χ3n) is 4.26. The molecule has 2 aliphatic rings. The standard InChI is InChI=1S/C13H18N4O/c1-8-11-6-15-5-9(11)7-17(8)10-2-3-16-12(4-10)13(14)18/h2-4,8-9,11,15H,5-7H2,1H3,(H2,14,18). The molecule has 18 heavy (non-hydrogen) atoms. The Labute approximate surface area is 106 Å². The van der Waals surface area contributed by atoms with Gasteiger partial charge in [-0.1, -0.05) is 0 Å². The first kappa shape index (κ1) is 11.5. The molecule has 0 radical (unpaired) electrons. The van der Waals surface area contributed by atoms with Crippen LogP contribution >= 0.6 is 0 Å². The Kier molecular flexibility index (Phi) is 2.70. The van der Waals surface area contributed by atoms with Crippen LogP contribution in [-0.2, 0) is 0 Å². The van der Waals surface area contributed by atoms with Crippen molar-refractivity contribution in [3.05, 3.63) is 24.0 Å². The van der Waals surface area contributed by atoms with E-state index in [0.717, 1.165) is 25.3 Å². The maximum atomic E-state index is 11.2. The molecule has 0 aromatic carbocycles. The number of nitrogens with one attached hydrogen (secondary N) is 1. The van der Waals surface area contributed by atoms with Gasteiger partial charge in [-0.2, -0.15) is 0 Å². The number of fused-ring (bicyclic) bond motifs is 1. The van der Waals surface area contributed by atoms with Gasteiger partial charge >= 0.3 is 0 Å². The van der Waals surface area contributed by atoms with Crippen molar-refractivity contribution < 1.29 is 4.79 Å². The van der Waals surface area contributed by atoms with Gasteiger partial charge in [-0.3, -0.25) is 9.78 Å². The second-order valence-electron chi connectivity index (χ2n) is 5.24. The number of carbonyl (C=O) groups is 1. The first-order chi connectivity index (χ1) is 8.66. The van der Waals surface area contributed by atoms with Gasteiger partial charge in [0.15, 0.2) is 0 Å². The lowest BCUT2D eigenvalue weighted by Crippen LogP contribution is -2.33. The van der Waals surface area contributed by atoms with Crippen molar-refractivity contribution in [1.29, 1.82) is 0 Å². The summed E-state index contributed by atoms with van der Waals surface area (Å²) in [6, 6.07) is 4.25. The first-order valence-corrected chi connectivity index (χ1v) is 6.40. The summed E-state index contributed by atoms with van der Waals surface area (Å²) in [7, 11) is 0. The Morgan fingerprint density at radius 1 is 1.56 bits per heavy atom. The van der Waals surface area contributed by atoms with Gasteiger partial charge in [-0.05, 0) is 30.9 Å². The minimum Gasteiger partial charge on any atom is -0.368 e. The number of anilines is 1. The van der Waals surface area contributed by atoms with E-state index in [9.17, 15) is 4.79 Å². The molecule has 2 fully saturated rings. The second kappa shape index (κ2) is 4.24. The SMILES string of the molecule is CC1C2CNCC2CN1c1ccnc(C(N)=O)c1. The fourth-order valence-electron chi connectivity index (χ4n) is 3.24. The highest BCUT2D eigenvalue weighted by molar-refractivity contribution is 5.91. The molecule has 3 N–H and O–H groups in total. The van der Waals surface area contributed by atoms with Crippen LogP contribution in [0.3, 0.4) is 0 Å². The molecule has 3 rings (SSSR count). The number of primary amides is 1. The van der Waals surface area contributed by atoms with E-state index in [-0.39, 0.29) is 0 Å². The van der Waals surface area contributed by atoms with Crippen molar-refractivity contribution in [3.63, 3.8) is 0 Å². The van der Waals surface area contributed by atoms with Crippen LogP contribution in [0, 0.1) is 11.8 Å². The van der Waals surface area contributed by atoms with Gasteiger partial charge < -0.3 is 16.0 Å². The van der Waals surface area contributed by atoms with Crippen molar-refractivity contribution in [1.82, 2.24) is 10.3 Å². The molecule has 1 aromatic heterocycles. The molecular formula is C13H18N4O. The lowest BCUT2D eigenvalue weighted by molar-refractivity contribution is 0.0995. The summed E-state index contributed by atoms with van der Waals surface area (Å²) in [6.07, 6.45) is 1.66. The predicted molar refractivity (Wildman–Crippen MR) is 69.4 cm³/mol. The fourth-order valence-corrected chi connectivity index (χ4v) is 3.24. The summed E-state index contributed by atoms with van der Waals surface area (Å²) in [5.74, 6) is 0.950. The zero-order chi connectivity index (χ0) is 12.7. The Bertz CT molecular complexity index is 476. The number of hydrogen-bond donors (Lipinski definition) is 2. The topological polar surface area (TPSA) is 71.2 Å². The lowest BCUT2D eigenvalue weighted by atomic mass is 9.95. The Morgan fingerprint density at radius 3 is 3.11 bits per heavy atom. The molecular weight excluding hydrogens is 228 g/mol. The fraction of sp³-hybridized carbons (Fsp3) is 0.538. The minimum absolute atomic E-state index is 0.342. The zero-order valence-corrected chi connectivity index (χ0v) is 10.5. The molecule has 96 valence electrons. The molecule has 2 saturated heterocycles. The van der Waals surface area contributed by atoms with Crippen LogP contribution in [0.15, 0.2) is 18.3 Å². The number of nitrogens with two attached hydrogens (primary N) is 1. The molecule has 2 aliphatic heterocycles. The largest absolute Gasteiger partial charge is 0.368 e. The van der Waals surface area contributed by atoms with Gasteiger partial charge in [0, 0.05) is 37.6 Å². The van der Waals surface area contributed by atoms with Gasteiger partial charge in [0.05, 0.1) is 0 Å². The normalized spacial score (nSPS) is 30.5. The van der Waals surface area contributed by atoms with Gasteiger partial charge in [-0.15, -0.1) is 0 Å². The van der Waals surface area contributed by atoms with E-state index in [2.05, 4.69) is 22.1 Å². The predicted octanol–water partition coefficient (Wildman–Crippen LogP) is 0.225. The molecule has 3 atom stereocenters. The summed E-state index contributed by atoms with van der Waals surface area (Å²) in [5.41, 5.74) is 6.68. The van der Waals surface area contributed by atoms with Crippen LogP contribution in [0.5, 0.6) is 0 Å². The van der Waals surface area contributed by atoms with Gasteiger partial charge in [0.25, 0.3) is 5.91 Å². The summed E-state index contributed by atoms with van der Waals surface area (Å²) < 4.78 is 0. The zero-order valence-electron chi connectivity index (χ0n) is 10.5. The third kappa shape index (κ3) is 1.75. The second-order valence-corrected chi connectivity index (χ2v) is 5.24. The van der Waals surface area contributed by atoms with E-state index >= 15 is 0 Å². The van der Waals surface area contributed by atoms with E-state index in [1.54, 1.807) is 12.3 Å². The number of rotatable bonds is 2. The Morgan fingerprint density at radius 2 is 2.39 bits per heavy atom. The van der Waals surface area contributed by atoms with Crippen molar-refractivity contribution in [2.45, 2.75) is 13.0 Å². The maximum Gasteiger partial charge on any atom is 0.267 e. The molecule has 3 unspecified atom stereocenters. The Hall–Kier alpha value is -1.62. The van der Waals surface area contributed by atoms with Crippen LogP contribution in [0.25, 0.3) is 0 Å². The van der Waals surface area contributed by atoms with Gasteiger partial charge in [-0.25, -0.2) is 0 Å². The number of pyridine rings is 1. The van der Waals surface area contributed by atoms with E-state index in [1.165, 1.54) is 0 Å². The summed E-state index contributed by atoms with van der Waals surface area (Å²) in [4.78, 5) is 17.5. The van der Waals surface area contributed by atoms with Crippen LogP contribution < -0.4 is 16.0 Å². The van der Waals surface area contributed by atoms with Crippen molar-refractivity contribution >= 4 is 11.6 Å². The summed E-state index contributed by atoms with van der Waals surface area (Å²) in [6.45, 7) is 5.48. The average molecular weight is 246 g/mol. The van der Waals surface area contributed by atoms with E-state index in [0.29, 0.717) is 23.6 Å². The minimum atomic E-state index is -0.467. The molecule has 3 heterocycles.